The molecule has 0 aliphatic heterocycles. The maximum Gasteiger partial charge on any atom is 0.121 e. The van der Waals surface area contributed by atoms with E-state index in [4.69, 9.17) is 9.47 Å². The summed E-state index contributed by atoms with van der Waals surface area (Å²) in [4.78, 5) is 0. The fourth-order valence-corrected chi connectivity index (χ4v) is 1.25. The van der Waals surface area contributed by atoms with Crippen molar-refractivity contribution in [3.8, 4) is 5.75 Å². The molecule has 15 heavy (non-hydrogen) atoms. The minimum atomic E-state index is 0.430. The lowest BCUT2D eigenvalue weighted by Gasteiger charge is -2.11. The number of methoxy groups -OCH3 is 1. The molecule has 0 saturated carbocycles. The molecule has 0 fully saturated rings. The Labute approximate surface area is 91.4 Å². The Hall–Kier alpha value is -1.22. The molecule has 0 aliphatic rings. The van der Waals surface area contributed by atoms with E-state index in [1.807, 2.05) is 24.3 Å². The molecule has 3 nitrogen and oxygen atoms in total. The number of nitrogens with one attached hydrogen (secondary N) is 1. The van der Waals surface area contributed by atoms with Gasteiger partial charge in [0.15, 0.2) is 0 Å². The Morgan fingerprint density at radius 3 is 2.73 bits per heavy atom. The zero-order chi connectivity index (χ0) is 11.1. The largest absolute Gasteiger partial charge is 0.491 e. The number of rotatable bonds is 6. The molecule has 1 aromatic rings. The second kappa shape index (κ2) is 6.30. The Kier molecular flexibility index (Phi) is 4.98. The third kappa shape index (κ3) is 4.70. The zero-order valence-corrected chi connectivity index (χ0v) is 9.62. The van der Waals surface area contributed by atoms with E-state index in [-0.39, 0.29) is 0 Å². The van der Waals surface area contributed by atoms with E-state index >= 15 is 0 Å². The second-order valence-electron chi connectivity index (χ2n) is 3.67. The first-order valence-electron chi connectivity index (χ1n) is 5.20. The quantitative estimate of drug-likeness (QED) is 0.730. The van der Waals surface area contributed by atoms with E-state index in [1.165, 1.54) is 0 Å². The molecule has 0 bridgehead atoms. The molecule has 3 heteroatoms. The van der Waals surface area contributed by atoms with Crippen molar-refractivity contribution in [1.82, 2.24) is 0 Å². The van der Waals surface area contributed by atoms with Crippen LogP contribution < -0.4 is 10.1 Å². The lowest BCUT2D eigenvalue weighted by Crippen LogP contribution is -2.10. The van der Waals surface area contributed by atoms with Crippen LogP contribution in [0.15, 0.2) is 24.3 Å². The summed E-state index contributed by atoms with van der Waals surface area (Å²) in [5, 5.41) is 3.32. The van der Waals surface area contributed by atoms with Crippen molar-refractivity contribution < 1.29 is 9.47 Å². The summed E-state index contributed by atoms with van der Waals surface area (Å²) in [7, 11) is 1.67. The lowest BCUT2D eigenvalue weighted by molar-refractivity contribution is 0.146. The summed E-state index contributed by atoms with van der Waals surface area (Å²) >= 11 is 0. The first-order chi connectivity index (χ1) is 7.22. The molecule has 1 rings (SSSR count). The van der Waals surface area contributed by atoms with Gasteiger partial charge < -0.3 is 14.8 Å². The molecule has 0 spiro atoms. The van der Waals surface area contributed by atoms with Crippen LogP contribution in [0.4, 0.5) is 5.69 Å². The van der Waals surface area contributed by atoms with Gasteiger partial charge in [0.05, 0.1) is 6.61 Å². The monoisotopic (exact) mass is 209 g/mol. The average molecular weight is 209 g/mol. The van der Waals surface area contributed by atoms with E-state index in [9.17, 15) is 0 Å². The number of hydrogen-bond acceptors (Lipinski definition) is 3. The summed E-state index contributed by atoms with van der Waals surface area (Å²) in [5.74, 6) is 0.873. The summed E-state index contributed by atoms with van der Waals surface area (Å²) < 4.78 is 10.4. The van der Waals surface area contributed by atoms with Crippen molar-refractivity contribution in [2.24, 2.45) is 0 Å². The van der Waals surface area contributed by atoms with Crippen LogP contribution in [0.1, 0.15) is 13.8 Å². The second-order valence-corrected chi connectivity index (χ2v) is 3.67. The summed E-state index contributed by atoms with van der Waals surface area (Å²) in [5.41, 5.74) is 1.08. The van der Waals surface area contributed by atoms with Gasteiger partial charge in [-0.1, -0.05) is 6.07 Å². The van der Waals surface area contributed by atoms with E-state index in [0.29, 0.717) is 19.3 Å². The third-order valence-electron chi connectivity index (χ3n) is 1.85. The molecule has 0 heterocycles. The first kappa shape index (κ1) is 11.9. The van der Waals surface area contributed by atoms with Crippen molar-refractivity contribution >= 4 is 5.69 Å². The smallest absolute Gasteiger partial charge is 0.121 e. The van der Waals surface area contributed by atoms with E-state index in [0.717, 1.165) is 11.4 Å². The average Bonchev–Trinajstić information content (AvgIpc) is 2.18. The topological polar surface area (TPSA) is 30.5 Å². The van der Waals surface area contributed by atoms with E-state index in [1.54, 1.807) is 7.11 Å². The van der Waals surface area contributed by atoms with Gasteiger partial charge in [0, 0.05) is 24.9 Å². The molecular formula is C12H19NO2. The standard InChI is InChI=1S/C12H19NO2/c1-10(2)13-11-5-4-6-12(9-11)15-8-7-14-3/h4-6,9-10,13H,7-8H2,1-3H3. The molecule has 0 aliphatic carbocycles. The van der Waals surface area contributed by atoms with E-state index < -0.39 is 0 Å². The first-order valence-corrected chi connectivity index (χ1v) is 5.20. The van der Waals surface area contributed by atoms with Crippen molar-refractivity contribution in [1.29, 1.82) is 0 Å². The van der Waals surface area contributed by atoms with Gasteiger partial charge in [0.2, 0.25) is 0 Å². The van der Waals surface area contributed by atoms with Crippen molar-refractivity contribution in [3.63, 3.8) is 0 Å². The molecule has 0 amide bonds. The Morgan fingerprint density at radius 1 is 1.27 bits per heavy atom. The van der Waals surface area contributed by atoms with Crippen LogP contribution in [0.25, 0.3) is 0 Å². The van der Waals surface area contributed by atoms with Crippen LogP contribution in [0.2, 0.25) is 0 Å². The van der Waals surface area contributed by atoms with Crippen LogP contribution in [0.3, 0.4) is 0 Å². The highest BCUT2D eigenvalue weighted by Crippen LogP contribution is 2.17. The van der Waals surface area contributed by atoms with Crippen LogP contribution >= 0.6 is 0 Å². The summed E-state index contributed by atoms with van der Waals surface area (Å²) in [6, 6.07) is 8.38. The molecule has 1 N–H and O–H groups in total. The summed E-state index contributed by atoms with van der Waals surface area (Å²) in [6.45, 7) is 5.42. The van der Waals surface area contributed by atoms with Gasteiger partial charge in [-0.2, -0.15) is 0 Å². The van der Waals surface area contributed by atoms with Gasteiger partial charge in [0.1, 0.15) is 12.4 Å². The Bertz CT molecular complexity index is 287. The number of ether oxygens (including phenoxy) is 2. The Morgan fingerprint density at radius 2 is 2.07 bits per heavy atom. The van der Waals surface area contributed by atoms with Crippen LogP contribution in [-0.2, 0) is 4.74 Å². The van der Waals surface area contributed by atoms with E-state index in [2.05, 4.69) is 19.2 Å². The SMILES string of the molecule is COCCOc1cccc(NC(C)C)c1. The highest BCUT2D eigenvalue weighted by Gasteiger charge is 1.98. The fraction of sp³-hybridized carbons (Fsp3) is 0.500. The van der Waals surface area contributed by atoms with Crippen LogP contribution in [-0.4, -0.2) is 26.4 Å². The minimum absolute atomic E-state index is 0.430. The molecule has 0 unspecified atom stereocenters. The van der Waals surface area contributed by atoms with Gasteiger partial charge in [-0.25, -0.2) is 0 Å². The van der Waals surface area contributed by atoms with Crippen molar-refractivity contribution in [2.45, 2.75) is 19.9 Å². The number of anilines is 1. The third-order valence-corrected chi connectivity index (χ3v) is 1.85. The van der Waals surface area contributed by atoms with Gasteiger partial charge in [0.25, 0.3) is 0 Å². The van der Waals surface area contributed by atoms with Crippen LogP contribution in [0.5, 0.6) is 5.75 Å². The lowest BCUT2D eigenvalue weighted by atomic mass is 10.2. The maximum atomic E-state index is 5.50. The molecule has 0 atom stereocenters. The van der Waals surface area contributed by atoms with Crippen molar-refractivity contribution in [2.75, 3.05) is 25.6 Å². The van der Waals surface area contributed by atoms with Gasteiger partial charge in [-0.05, 0) is 26.0 Å². The molecule has 1 aromatic carbocycles. The normalized spacial score (nSPS) is 10.4. The predicted octanol–water partition coefficient (Wildman–Crippen LogP) is 2.53. The Balaban J connectivity index is 2.50. The van der Waals surface area contributed by atoms with Gasteiger partial charge >= 0.3 is 0 Å². The maximum absolute atomic E-state index is 5.50. The minimum Gasteiger partial charge on any atom is -0.491 e. The highest BCUT2D eigenvalue weighted by atomic mass is 16.5. The van der Waals surface area contributed by atoms with Crippen molar-refractivity contribution in [3.05, 3.63) is 24.3 Å². The molecule has 0 saturated heterocycles. The predicted molar refractivity (Wildman–Crippen MR) is 62.6 cm³/mol. The van der Waals surface area contributed by atoms with Gasteiger partial charge in [-0.15, -0.1) is 0 Å². The van der Waals surface area contributed by atoms with Crippen LogP contribution in [0, 0.1) is 0 Å². The summed E-state index contributed by atoms with van der Waals surface area (Å²) in [6.07, 6.45) is 0. The zero-order valence-electron chi connectivity index (χ0n) is 9.62. The number of benzene rings is 1. The highest BCUT2D eigenvalue weighted by molar-refractivity contribution is 5.48. The van der Waals surface area contributed by atoms with Gasteiger partial charge in [-0.3, -0.25) is 0 Å². The molecule has 0 aromatic heterocycles. The molecular weight excluding hydrogens is 190 g/mol. The fourth-order valence-electron chi connectivity index (χ4n) is 1.25. The molecule has 84 valence electrons. The number of hydrogen-bond donors (Lipinski definition) is 1. The molecule has 0 radical (unpaired) electrons.